The van der Waals surface area contributed by atoms with Crippen LogP contribution < -0.4 is 4.72 Å². The Bertz CT molecular complexity index is 562. The molecule has 0 unspecified atom stereocenters. The topological polar surface area (TPSA) is 110 Å². The number of hydrogen-bond donors (Lipinski definition) is 2. The number of rotatable bonds is 7. The molecular weight excluding hydrogens is 294 g/mol. The van der Waals surface area contributed by atoms with Gasteiger partial charge in [0.15, 0.2) is 0 Å². The maximum Gasteiger partial charge on any atom is 0.345 e. The molecule has 0 atom stereocenters. The van der Waals surface area contributed by atoms with E-state index in [9.17, 15) is 18.0 Å². The minimum Gasteiger partial charge on any atom is -0.477 e. The van der Waals surface area contributed by atoms with E-state index in [1.165, 1.54) is 5.38 Å². The largest absolute Gasteiger partial charge is 0.477 e. The fourth-order valence-corrected chi connectivity index (χ4v) is 3.32. The molecule has 1 heterocycles. The van der Waals surface area contributed by atoms with Crippen LogP contribution in [0.15, 0.2) is 16.3 Å². The lowest BCUT2D eigenvalue weighted by Crippen LogP contribution is -2.26. The molecule has 0 aliphatic carbocycles. The molecule has 2 N–H and O–H groups in total. The van der Waals surface area contributed by atoms with Crippen molar-refractivity contribution in [1.29, 1.82) is 0 Å². The number of thiophene rings is 1. The summed E-state index contributed by atoms with van der Waals surface area (Å²) in [5, 5.41) is 9.94. The van der Waals surface area contributed by atoms with Crippen LogP contribution in [0.25, 0.3) is 0 Å². The van der Waals surface area contributed by atoms with Crippen molar-refractivity contribution in [3.8, 4) is 0 Å². The summed E-state index contributed by atoms with van der Waals surface area (Å²) in [6, 6.07) is 1.07. The molecule has 0 spiro atoms. The van der Waals surface area contributed by atoms with E-state index in [1.54, 1.807) is 6.92 Å². The third-order valence-electron chi connectivity index (χ3n) is 2.02. The van der Waals surface area contributed by atoms with Gasteiger partial charge >= 0.3 is 11.9 Å². The van der Waals surface area contributed by atoms with Crippen molar-refractivity contribution in [2.24, 2.45) is 0 Å². The fourth-order valence-electron chi connectivity index (χ4n) is 1.18. The van der Waals surface area contributed by atoms with E-state index >= 15 is 0 Å². The van der Waals surface area contributed by atoms with Gasteiger partial charge in [-0.05, 0) is 13.0 Å². The van der Waals surface area contributed by atoms with E-state index in [4.69, 9.17) is 5.11 Å². The molecule has 19 heavy (non-hydrogen) atoms. The van der Waals surface area contributed by atoms with Crippen molar-refractivity contribution in [1.82, 2.24) is 4.72 Å². The molecule has 106 valence electrons. The molecule has 0 aromatic carbocycles. The second-order valence-corrected chi connectivity index (χ2v) is 6.08. The van der Waals surface area contributed by atoms with E-state index in [0.717, 1.165) is 17.4 Å². The average Bonchev–Trinajstić information content (AvgIpc) is 2.79. The Morgan fingerprint density at radius 3 is 2.68 bits per heavy atom. The molecule has 0 saturated carbocycles. The summed E-state index contributed by atoms with van der Waals surface area (Å²) in [6.07, 6.45) is -0.0804. The first-order chi connectivity index (χ1) is 8.86. The first-order valence-corrected chi connectivity index (χ1v) is 7.70. The number of carbonyl (C=O) groups is 2. The van der Waals surface area contributed by atoms with E-state index in [1.807, 2.05) is 0 Å². The van der Waals surface area contributed by atoms with Gasteiger partial charge in [0.25, 0.3) is 0 Å². The lowest BCUT2D eigenvalue weighted by molar-refractivity contribution is -0.142. The monoisotopic (exact) mass is 307 g/mol. The van der Waals surface area contributed by atoms with Crippen LogP contribution in [0.1, 0.15) is 23.0 Å². The quantitative estimate of drug-likeness (QED) is 0.717. The number of carboxylic acids is 1. The van der Waals surface area contributed by atoms with Gasteiger partial charge in [-0.2, -0.15) is 0 Å². The Kier molecular flexibility index (Phi) is 5.45. The highest BCUT2D eigenvalue weighted by Gasteiger charge is 2.18. The zero-order valence-corrected chi connectivity index (χ0v) is 11.7. The Morgan fingerprint density at radius 2 is 2.16 bits per heavy atom. The van der Waals surface area contributed by atoms with E-state index in [2.05, 4.69) is 9.46 Å². The smallest absolute Gasteiger partial charge is 0.345 e. The summed E-state index contributed by atoms with van der Waals surface area (Å²) in [6.45, 7) is 1.79. The maximum atomic E-state index is 11.8. The number of nitrogens with one attached hydrogen (secondary N) is 1. The summed E-state index contributed by atoms with van der Waals surface area (Å²) in [5.41, 5.74) is 0. The lowest BCUT2D eigenvalue weighted by Gasteiger charge is -2.04. The van der Waals surface area contributed by atoms with Gasteiger partial charge in [-0.3, -0.25) is 4.79 Å². The second-order valence-electron chi connectivity index (χ2n) is 3.40. The van der Waals surface area contributed by atoms with E-state index < -0.39 is 22.0 Å². The van der Waals surface area contributed by atoms with Crippen molar-refractivity contribution in [2.75, 3.05) is 13.2 Å². The molecule has 0 saturated heterocycles. The molecule has 1 aromatic rings. The number of sulfonamides is 1. The van der Waals surface area contributed by atoms with Crippen LogP contribution in [0.4, 0.5) is 0 Å². The minimum atomic E-state index is -3.79. The summed E-state index contributed by atoms with van der Waals surface area (Å²) < 4.78 is 30.4. The molecule has 1 aromatic heterocycles. The molecule has 0 radical (unpaired) electrons. The first-order valence-electron chi connectivity index (χ1n) is 5.34. The highest BCUT2D eigenvalue weighted by atomic mass is 32.2. The number of carbonyl (C=O) groups excluding carboxylic acids is 1. The molecule has 0 amide bonds. The molecule has 9 heteroatoms. The van der Waals surface area contributed by atoms with Crippen LogP contribution in [0.3, 0.4) is 0 Å². The molecule has 0 aliphatic rings. The van der Waals surface area contributed by atoms with Crippen molar-refractivity contribution in [3.05, 3.63) is 16.3 Å². The Morgan fingerprint density at radius 1 is 1.47 bits per heavy atom. The maximum absolute atomic E-state index is 11.8. The third kappa shape index (κ3) is 4.62. The zero-order chi connectivity index (χ0) is 14.5. The van der Waals surface area contributed by atoms with Crippen molar-refractivity contribution >= 4 is 33.3 Å². The highest BCUT2D eigenvalue weighted by molar-refractivity contribution is 7.89. The molecule has 0 aliphatic heterocycles. The normalized spacial score (nSPS) is 11.2. The fraction of sp³-hybridized carbons (Fsp3) is 0.400. The van der Waals surface area contributed by atoms with Crippen molar-refractivity contribution < 1.29 is 27.9 Å². The second kappa shape index (κ2) is 6.64. The number of aromatic carboxylic acids is 1. The van der Waals surface area contributed by atoms with Crippen LogP contribution in [0, 0.1) is 0 Å². The van der Waals surface area contributed by atoms with Gasteiger partial charge in [0.1, 0.15) is 4.88 Å². The number of esters is 1. The molecule has 0 fully saturated rings. The number of carboxylic acid groups (broad SMARTS) is 1. The average molecular weight is 307 g/mol. The summed E-state index contributed by atoms with van der Waals surface area (Å²) in [7, 11) is -3.79. The van der Waals surface area contributed by atoms with Crippen molar-refractivity contribution in [2.45, 2.75) is 18.2 Å². The van der Waals surface area contributed by atoms with Crippen molar-refractivity contribution in [3.63, 3.8) is 0 Å². The summed E-state index contributed by atoms with van der Waals surface area (Å²) in [5.74, 6) is -1.68. The first kappa shape index (κ1) is 15.6. The van der Waals surface area contributed by atoms with Crippen LogP contribution in [0.2, 0.25) is 0 Å². The summed E-state index contributed by atoms with van der Waals surface area (Å²) in [4.78, 5) is 21.5. The Hall–Kier alpha value is -1.45. The van der Waals surface area contributed by atoms with Crippen LogP contribution in [0.5, 0.6) is 0 Å². The van der Waals surface area contributed by atoms with Gasteiger partial charge in [-0.25, -0.2) is 17.9 Å². The Labute approximate surface area is 114 Å². The third-order valence-corrected chi connectivity index (χ3v) is 4.53. The van der Waals surface area contributed by atoms with Gasteiger partial charge in [0.2, 0.25) is 10.0 Å². The molecule has 0 bridgehead atoms. The Balaban J connectivity index is 2.60. The lowest BCUT2D eigenvalue weighted by atomic mass is 10.4. The predicted molar refractivity (Wildman–Crippen MR) is 67.7 cm³/mol. The van der Waals surface area contributed by atoms with Gasteiger partial charge < -0.3 is 9.84 Å². The summed E-state index contributed by atoms with van der Waals surface area (Å²) >= 11 is 0.822. The predicted octanol–water partition coefficient (Wildman–Crippen LogP) is 0.678. The van der Waals surface area contributed by atoms with Crippen LogP contribution in [-0.2, 0) is 19.6 Å². The zero-order valence-electron chi connectivity index (χ0n) is 10.1. The molecule has 7 nitrogen and oxygen atoms in total. The van der Waals surface area contributed by atoms with Crippen LogP contribution >= 0.6 is 11.3 Å². The van der Waals surface area contributed by atoms with Gasteiger partial charge in [-0.15, -0.1) is 11.3 Å². The van der Waals surface area contributed by atoms with E-state index in [0.29, 0.717) is 0 Å². The van der Waals surface area contributed by atoms with Crippen LogP contribution in [-0.4, -0.2) is 38.6 Å². The minimum absolute atomic E-state index is 0.0641. The van der Waals surface area contributed by atoms with Gasteiger partial charge in [-0.1, -0.05) is 0 Å². The number of hydrogen-bond acceptors (Lipinski definition) is 6. The van der Waals surface area contributed by atoms with E-state index in [-0.39, 0.29) is 29.3 Å². The highest BCUT2D eigenvalue weighted by Crippen LogP contribution is 2.18. The van der Waals surface area contributed by atoms with Gasteiger partial charge in [0, 0.05) is 11.9 Å². The molecule has 1 rings (SSSR count). The van der Waals surface area contributed by atoms with Gasteiger partial charge in [0.05, 0.1) is 17.9 Å². The SMILES string of the molecule is CCOC(=O)CCNS(=O)(=O)c1csc(C(=O)O)c1. The standard InChI is InChI=1S/C10H13NO6S2/c1-2-17-9(12)3-4-11-19(15,16)7-5-8(10(13)14)18-6-7/h5-6,11H,2-4H2,1H3,(H,13,14). The molecular formula is C10H13NO6S2. The number of ether oxygens (including phenoxy) is 1.